The van der Waals surface area contributed by atoms with E-state index in [2.05, 4.69) is 5.32 Å². The van der Waals surface area contributed by atoms with Crippen LogP contribution < -0.4 is 10.2 Å². The van der Waals surface area contributed by atoms with E-state index in [-0.39, 0.29) is 11.8 Å². The lowest BCUT2D eigenvalue weighted by Gasteiger charge is -2.22. The summed E-state index contributed by atoms with van der Waals surface area (Å²) in [5.41, 5.74) is 0.580. The van der Waals surface area contributed by atoms with Crippen LogP contribution in [-0.2, 0) is 16.0 Å². The number of carbonyl (C=O) groups is 2. The van der Waals surface area contributed by atoms with Crippen molar-refractivity contribution in [2.45, 2.75) is 13.3 Å². The van der Waals surface area contributed by atoms with E-state index < -0.39 is 0 Å². The largest absolute Gasteiger partial charge is 0.354 e. The van der Waals surface area contributed by atoms with E-state index >= 15 is 0 Å². The van der Waals surface area contributed by atoms with Gasteiger partial charge in [0.25, 0.3) is 0 Å². The van der Waals surface area contributed by atoms with Crippen LogP contribution in [0.25, 0.3) is 0 Å². The average molecular weight is 371 g/mol. The normalized spacial score (nSPS) is 10.4. The summed E-state index contributed by atoms with van der Waals surface area (Å²) in [6, 6.07) is 8.78. The Kier molecular flexibility index (Phi) is 6.45. The zero-order chi connectivity index (χ0) is 16.8. The molecule has 7 heteroatoms. The molecule has 0 saturated heterocycles. The van der Waals surface area contributed by atoms with Gasteiger partial charge in [-0.05, 0) is 29.6 Å². The lowest BCUT2D eigenvalue weighted by atomic mass is 10.2. The third-order valence-corrected chi connectivity index (χ3v) is 4.57. The summed E-state index contributed by atoms with van der Waals surface area (Å²) in [5.74, 6) is -0.222. The molecule has 0 bridgehead atoms. The highest BCUT2D eigenvalue weighted by atomic mass is 35.5. The van der Waals surface area contributed by atoms with Crippen LogP contribution in [0.5, 0.6) is 0 Å². The number of nitrogens with one attached hydrogen (secondary N) is 1. The SMILES string of the molecule is CC(=O)N(CCNC(=O)Cc1cccs1)c1ccc(Cl)cc1Cl. The highest BCUT2D eigenvalue weighted by Crippen LogP contribution is 2.28. The number of rotatable bonds is 6. The lowest BCUT2D eigenvalue weighted by Crippen LogP contribution is -2.38. The van der Waals surface area contributed by atoms with Crippen molar-refractivity contribution in [1.82, 2.24) is 5.32 Å². The minimum absolute atomic E-state index is 0.0712. The summed E-state index contributed by atoms with van der Waals surface area (Å²) < 4.78 is 0. The quantitative estimate of drug-likeness (QED) is 0.841. The molecule has 0 saturated carbocycles. The van der Waals surface area contributed by atoms with Crippen molar-refractivity contribution >= 4 is 52.0 Å². The van der Waals surface area contributed by atoms with E-state index in [1.54, 1.807) is 29.5 Å². The van der Waals surface area contributed by atoms with E-state index in [0.717, 1.165) is 4.88 Å². The lowest BCUT2D eigenvalue weighted by molar-refractivity contribution is -0.120. The van der Waals surface area contributed by atoms with Gasteiger partial charge in [0, 0.05) is 29.9 Å². The van der Waals surface area contributed by atoms with Crippen molar-refractivity contribution in [2.24, 2.45) is 0 Å². The fourth-order valence-corrected chi connectivity index (χ4v) is 3.30. The first kappa shape index (κ1) is 17.8. The van der Waals surface area contributed by atoms with Gasteiger partial charge in [0.15, 0.2) is 0 Å². The molecule has 1 aromatic heterocycles. The van der Waals surface area contributed by atoms with Crippen molar-refractivity contribution < 1.29 is 9.59 Å². The molecule has 0 unspecified atom stereocenters. The Morgan fingerprint density at radius 2 is 2.04 bits per heavy atom. The van der Waals surface area contributed by atoms with Gasteiger partial charge in [-0.2, -0.15) is 0 Å². The van der Waals surface area contributed by atoms with Gasteiger partial charge in [0.1, 0.15) is 0 Å². The monoisotopic (exact) mass is 370 g/mol. The Hall–Kier alpha value is -1.56. The molecule has 0 radical (unpaired) electrons. The van der Waals surface area contributed by atoms with Crippen molar-refractivity contribution in [1.29, 1.82) is 0 Å². The molecular weight excluding hydrogens is 355 g/mol. The minimum Gasteiger partial charge on any atom is -0.354 e. The number of nitrogens with zero attached hydrogens (tertiary/aromatic N) is 1. The molecule has 0 aliphatic rings. The van der Waals surface area contributed by atoms with E-state index in [1.165, 1.54) is 11.8 Å². The molecular formula is C16H16Cl2N2O2S. The van der Waals surface area contributed by atoms with Gasteiger partial charge in [-0.1, -0.05) is 29.3 Å². The van der Waals surface area contributed by atoms with Crippen LogP contribution in [0.2, 0.25) is 10.0 Å². The molecule has 1 aromatic carbocycles. The molecule has 23 heavy (non-hydrogen) atoms. The first-order valence-electron chi connectivity index (χ1n) is 6.99. The van der Waals surface area contributed by atoms with Crippen LogP contribution in [-0.4, -0.2) is 24.9 Å². The van der Waals surface area contributed by atoms with Gasteiger partial charge in [-0.15, -0.1) is 11.3 Å². The molecule has 0 aliphatic heterocycles. The van der Waals surface area contributed by atoms with E-state index in [1.807, 2.05) is 17.5 Å². The van der Waals surface area contributed by atoms with Crippen LogP contribution in [0.3, 0.4) is 0 Å². The zero-order valence-corrected chi connectivity index (χ0v) is 14.8. The molecule has 4 nitrogen and oxygen atoms in total. The van der Waals surface area contributed by atoms with Gasteiger partial charge >= 0.3 is 0 Å². The average Bonchev–Trinajstić information content (AvgIpc) is 2.97. The van der Waals surface area contributed by atoms with Gasteiger partial charge < -0.3 is 10.2 Å². The highest BCUT2D eigenvalue weighted by Gasteiger charge is 2.15. The van der Waals surface area contributed by atoms with Crippen LogP contribution in [0, 0.1) is 0 Å². The molecule has 2 amide bonds. The van der Waals surface area contributed by atoms with Crippen LogP contribution in [0.15, 0.2) is 35.7 Å². The summed E-state index contributed by atoms with van der Waals surface area (Å²) in [7, 11) is 0. The molecule has 2 aromatic rings. The Bertz CT molecular complexity index is 689. The number of hydrogen-bond donors (Lipinski definition) is 1. The standard InChI is InChI=1S/C16H16Cl2N2O2S/c1-11(21)20(15-5-4-12(17)9-14(15)18)7-6-19-16(22)10-13-3-2-8-23-13/h2-5,8-9H,6-7,10H2,1H3,(H,19,22). The molecule has 122 valence electrons. The number of thiophene rings is 1. The smallest absolute Gasteiger partial charge is 0.225 e. The van der Waals surface area contributed by atoms with Crippen LogP contribution in [0.4, 0.5) is 5.69 Å². The van der Waals surface area contributed by atoms with E-state index in [4.69, 9.17) is 23.2 Å². The summed E-state index contributed by atoms with van der Waals surface area (Å²) >= 11 is 13.6. The predicted molar refractivity (Wildman–Crippen MR) is 95.5 cm³/mol. The van der Waals surface area contributed by atoms with E-state index in [0.29, 0.717) is 35.2 Å². The molecule has 0 fully saturated rings. The third-order valence-electron chi connectivity index (χ3n) is 3.15. The second kappa shape index (κ2) is 8.34. The third kappa shape index (κ3) is 5.23. The summed E-state index contributed by atoms with van der Waals surface area (Å²) in [5, 5.41) is 5.65. The summed E-state index contributed by atoms with van der Waals surface area (Å²) in [6.07, 6.45) is 0.347. The topological polar surface area (TPSA) is 49.4 Å². The van der Waals surface area contributed by atoms with Crippen molar-refractivity contribution in [2.75, 3.05) is 18.0 Å². The number of amides is 2. The zero-order valence-electron chi connectivity index (χ0n) is 12.5. The minimum atomic E-state index is -0.151. The molecule has 1 heterocycles. The first-order chi connectivity index (χ1) is 11.0. The number of benzene rings is 1. The molecule has 1 N–H and O–H groups in total. The maximum atomic E-state index is 11.9. The Balaban J connectivity index is 1.92. The van der Waals surface area contributed by atoms with Crippen LogP contribution >= 0.6 is 34.5 Å². The van der Waals surface area contributed by atoms with Crippen molar-refractivity contribution in [3.05, 3.63) is 50.6 Å². The molecule has 0 aliphatic carbocycles. The second-order valence-corrected chi connectivity index (χ2v) is 6.75. The highest BCUT2D eigenvalue weighted by molar-refractivity contribution is 7.10. The Morgan fingerprint density at radius 1 is 1.26 bits per heavy atom. The first-order valence-corrected chi connectivity index (χ1v) is 8.63. The Labute approximate surface area is 149 Å². The van der Waals surface area contributed by atoms with Gasteiger partial charge in [0.2, 0.25) is 11.8 Å². The van der Waals surface area contributed by atoms with Gasteiger partial charge in [0.05, 0.1) is 17.1 Å². The fourth-order valence-electron chi connectivity index (χ4n) is 2.09. The van der Waals surface area contributed by atoms with Crippen molar-refractivity contribution in [3.63, 3.8) is 0 Å². The number of carbonyl (C=O) groups excluding carboxylic acids is 2. The number of anilines is 1. The predicted octanol–water partition coefficient (Wildman–Crippen LogP) is 3.77. The van der Waals surface area contributed by atoms with Gasteiger partial charge in [-0.3, -0.25) is 9.59 Å². The maximum absolute atomic E-state index is 11.9. The number of hydrogen-bond acceptors (Lipinski definition) is 3. The maximum Gasteiger partial charge on any atom is 0.225 e. The summed E-state index contributed by atoms with van der Waals surface area (Å²) in [6.45, 7) is 2.15. The Morgan fingerprint density at radius 3 is 2.65 bits per heavy atom. The van der Waals surface area contributed by atoms with Gasteiger partial charge in [-0.25, -0.2) is 0 Å². The molecule has 2 rings (SSSR count). The number of halogens is 2. The van der Waals surface area contributed by atoms with Crippen molar-refractivity contribution in [3.8, 4) is 0 Å². The van der Waals surface area contributed by atoms with Crippen LogP contribution in [0.1, 0.15) is 11.8 Å². The summed E-state index contributed by atoms with van der Waals surface area (Å²) in [4.78, 5) is 26.2. The van der Waals surface area contributed by atoms with E-state index in [9.17, 15) is 9.59 Å². The molecule has 0 atom stereocenters. The second-order valence-electron chi connectivity index (χ2n) is 4.87. The fraction of sp³-hybridized carbons (Fsp3) is 0.250. The molecule has 0 spiro atoms.